The first-order chi connectivity index (χ1) is 11.2. The summed E-state index contributed by atoms with van der Waals surface area (Å²) in [5, 5.41) is 3.26. The van der Waals surface area contributed by atoms with E-state index < -0.39 is 0 Å². The topological polar surface area (TPSA) is 72.5 Å². The van der Waals surface area contributed by atoms with Gasteiger partial charge in [-0.1, -0.05) is 38.1 Å². The van der Waals surface area contributed by atoms with E-state index >= 15 is 0 Å². The number of para-hydroxylation sites is 1. The minimum atomic E-state index is 0. The Morgan fingerprint density at radius 3 is 2.33 bits per heavy atom. The number of nitrogens with two attached hydrogens (primary N) is 1. The molecule has 5 nitrogen and oxygen atoms in total. The Kier molecular flexibility index (Phi) is 8.53. The van der Waals surface area contributed by atoms with Crippen LogP contribution in [-0.4, -0.2) is 18.1 Å². The smallest absolute Gasteiger partial charge is 0.218 e. The number of nitrogens with zero attached hydrogens (tertiary/aromatic N) is 2. The van der Waals surface area contributed by atoms with Crippen molar-refractivity contribution in [1.82, 2.24) is 4.98 Å². The minimum Gasteiger partial charge on any atom is -0.481 e. The number of guanidine groups is 1. The second-order valence-corrected chi connectivity index (χ2v) is 5.16. The van der Waals surface area contributed by atoms with Gasteiger partial charge < -0.3 is 15.8 Å². The zero-order chi connectivity index (χ0) is 16.7. The summed E-state index contributed by atoms with van der Waals surface area (Å²) in [6.45, 7) is 4.69. The molecule has 1 aromatic carbocycles. The van der Waals surface area contributed by atoms with Gasteiger partial charge in [0.05, 0.1) is 13.7 Å². The first-order valence-corrected chi connectivity index (χ1v) is 7.85. The van der Waals surface area contributed by atoms with Gasteiger partial charge in [0.1, 0.15) is 0 Å². The van der Waals surface area contributed by atoms with E-state index in [9.17, 15) is 0 Å². The van der Waals surface area contributed by atoms with Gasteiger partial charge in [-0.2, -0.15) is 0 Å². The van der Waals surface area contributed by atoms with Crippen LogP contribution in [-0.2, 0) is 19.4 Å². The van der Waals surface area contributed by atoms with Gasteiger partial charge in [0, 0.05) is 17.4 Å². The average Bonchev–Trinajstić information content (AvgIpc) is 2.60. The van der Waals surface area contributed by atoms with Gasteiger partial charge in [0.25, 0.3) is 0 Å². The lowest BCUT2D eigenvalue weighted by atomic mass is 10.0. The highest BCUT2D eigenvalue weighted by molar-refractivity contribution is 14.0. The van der Waals surface area contributed by atoms with Crippen molar-refractivity contribution in [3.05, 3.63) is 53.2 Å². The Morgan fingerprint density at radius 1 is 1.12 bits per heavy atom. The third-order valence-electron chi connectivity index (χ3n) is 3.71. The molecule has 0 aliphatic carbocycles. The zero-order valence-corrected chi connectivity index (χ0v) is 16.7. The van der Waals surface area contributed by atoms with E-state index in [2.05, 4.69) is 47.3 Å². The molecule has 24 heavy (non-hydrogen) atoms. The molecule has 3 N–H and O–H groups in total. The van der Waals surface area contributed by atoms with Crippen molar-refractivity contribution >= 4 is 35.6 Å². The molecule has 0 saturated carbocycles. The van der Waals surface area contributed by atoms with Crippen LogP contribution in [0.4, 0.5) is 5.69 Å². The molecular weight excluding hydrogens is 415 g/mol. The number of rotatable bonds is 6. The lowest BCUT2D eigenvalue weighted by Crippen LogP contribution is -2.24. The van der Waals surface area contributed by atoms with Gasteiger partial charge in [-0.3, -0.25) is 0 Å². The summed E-state index contributed by atoms with van der Waals surface area (Å²) in [4.78, 5) is 8.57. The number of anilines is 1. The third kappa shape index (κ3) is 5.09. The van der Waals surface area contributed by atoms with Gasteiger partial charge in [-0.05, 0) is 30.0 Å². The minimum absolute atomic E-state index is 0. The molecule has 0 bridgehead atoms. The summed E-state index contributed by atoms with van der Waals surface area (Å²) in [6.07, 6.45) is 3.58. The van der Waals surface area contributed by atoms with Crippen molar-refractivity contribution in [1.29, 1.82) is 0 Å². The van der Waals surface area contributed by atoms with Crippen molar-refractivity contribution in [3.63, 3.8) is 0 Å². The lowest BCUT2D eigenvalue weighted by molar-refractivity contribution is 0.392. The Labute approximate surface area is 160 Å². The fourth-order valence-electron chi connectivity index (χ4n) is 2.47. The normalized spacial score (nSPS) is 10.9. The van der Waals surface area contributed by atoms with E-state index in [4.69, 9.17) is 10.5 Å². The quantitative estimate of drug-likeness (QED) is 0.408. The molecule has 0 atom stereocenters. The molecule has 0 aliphatic rings. The molecule has 0 radical (unpaired) electrons. The number of aliphatic imine (C=N–C) groups is 1. The Bertz CT molecular complexity index is 666. The van der Waals surface area contributed by atoms with E-state index in [0.717, 1.165) is 24.1 Å². The number of methoxy groups -OCH3 is 1. The highest BCUT2D eigenvalue weighted by Gasteiger charge is 2.07. The predicted molar refractivity (Wildman–Crippen MR) is 110 cm³/mol. The molecule has 0 saturated heterocycles. The van der Waals surface area contributed by atoms with E-state index in [1.165, 1.54) is 11.1 Å². The van der Waals surface area contributed by atoms with Crippen molar-refractivity contribution < 1.29 is 4.74 Å². The number of hydrogen-bond acceptors (Lipinski definition) is 3. The van der Waals surface area contributed by atoms with Crippen LogP contribution in [0.15, 0.2) is 41.5 Å². The maximum Gasteiger partial charge on any atom is 0.218 e. The van der Waals surface area contributed by atoms with Crippen molar-refractivity contribution in [2.24, 2.45) is 10.7 Å². The number of aromatic nitrogens is 1. The molecular formula is C18H25IN4O. The molecule has 0 amide bonds. The molecule has 0 spiro atoms. The molecule has 6 heteroatoms. The summed E-state index contributed by atoms with van der Waals surface area (Å²) < 4.78 is 5.23. The molecule has 2 rings (SSSR count). The number of ether oxygens (including phenoxy) is 1. The fourth-order valence-corrected chi connectivity index (χ4v) is 2.47. The number of halogens is 1. The molecule has 0 fully saturated rings. The number of hydrogen-bond donors (Lipinski definition) is 2. The van der Waals surface area contributed by atoms with Gasteiger partial charge in [-0.15, -0.1) is 24.0 Å². The number of aryl methyl sites for hydroxylation is 2. The Balaban J connectivity index is 0.00000288. The largest absolute Gasteiger partial charge is 0.481 e. The van der Waals surface area contributed by atoms with E-state index in [0.29, 0.717) is 18.4 Å². The fraction of sp³-hybridized carbons (Fsp3) is 0.333. The van der Waals surface area contributed by atoms with Crippen LogP contribution in [0, 0.1) is 0 Å². The van der Waals surface area contributed by atoms with Gasteiger partial charge >= 0.3 is 0 Å². The van der Waals surface area contributed by atoms with Crippen LogP contribution in [0.5, 0.6) is 5.88 Å². The second-order valence-electron chi connectivity index (χ2n) is 5.16. The Hall–Kier alpha value is -1.83. The van der Waals surface area contributed by atoms with Crippen LogP contribution in [0.2, 0.25) is 0 Å². The maximum atomic E-state index is 6.07. The lowest BCUT2D eigenvalue weighted by Gasteiger charge is -2.15. The standard InChI is InChI=1S/C18H24N4O.HI/c1-4-13-8-6-9-14(5-2)16(13)22-18(19)21-12-15-10-7-11-20-17(15)23-3;/h6-11H,4-5,12H2,1-3H3,(H3,19,21,22);1H. The van der Waals surface area contributed by atoms with E-state index in [1.807, 2.05) is 12.1 Å². The summed E-state index contributed by atoms with van der Waals surface area (Å²) in [6, 6.07) is 10.1. The van der Waals surface area contributed by atoms with Crippen LogP contribution < -0.4 is 15.8 Å². The average molecular weight is 440 g/mol. The highest BCUT2D eigenvalue weighted by atomic mass is 127. The highest BCUT2D eigenvalue weighted by Crippen LogP contribution is 2.22. The van der Waals surface area contributed by atoms with Crippen LogP contribution >= 0.6 is 24.0 Å². The first kappa shape index (κ1) is 20.2. The van der Waals surface area contributed by atoms with Crippen LogP contribution in [0.3, 0.4) is 0 Å². The SMILES string of the molecule is CCc1cccc(CC)c1NC(N)=NCc1cccnc1OC.I. The van der Waals surface area contributed by atoms with Crippen molar-refractivity contribution in [2.75, 3.05) is 12.4 Å². The summed E-state index contributed by atoms with van der Waals surface area (Å²) in [5.74, 6) is 0.971. The number of pyridine rings is 1. The second kappa shape index (κ2) is 10.1. The monoisotopic (exact) mass is 440 g/mol. The van der Waals surface area contributed by atoms with Crippen LogP contribution in [0.25, 0.3) is 0 Å². The van der Waals surface area contributed by atoms with E-state index in [1.54, 1.807) is 13.3 Å². The van der Waals surface area contributed by atoms with Gasteiger partial charge in [0.15, 0.2) is 5.96 Å². The van der Waals surface area contributed by atoms with Crippen LogP contribution in [0.1, 0.15) is 30.5 Å². The molecule has 2 aromatic rings. The van der Waals surface area contributed by atoms with Crippen molar-refractivity contribution in [3.8, 4) is 5.88 Å². The predicted octanol–water partition coefficient (Wildman–Crippen LogP) is 3.76. The summed E-state index contributed by atoms with van der Waals surface area (Å²) in [7, 11) is 1.60. The summed E-state index contributed by atoms with van der Waals surface area (Å²) >= 11 is 0. The molecule has 130 valence electrons. The molecule has 1 aromatic heterocycles. The van der Waals surface area contributed by atoms with Gasteiger partial charge in [0.2, 0.25) is 5.88 Å². The third-order valence-corrected chi connectivity index (χ3v) is 3.71. The summed E-state index contributed by atoms with van der Waals surface area (Å²) in [5.41, 5.74) is 10.5. The molecule has 0 unspecified atom stereocenters. The zero-order valence-electron chi connectivity index (χ0n) is 14.4. The van der Waals surface area contributed by atoms with E-state index in [-0.39, 0.29) is 24.0 Å². The number of nitrogens with one attached hydrogen (secondary N) is 1. The first-order valence-electron chi connectivity index (χ1n) is 7.85. The molecule has 1 heterocycles. The Morgan fingerprint density at radius 2 is 1.75 bits per heavy atom. The number of benzene rings is 1. The van der Waals surface area contributed by atoms with Gasteiger partial charge in [-0.25, -0.2) is 9.98 Å². The maximum absolute atomic E-state index is 6.07. The molecule has 0 aliphatic heterocycles. The van der Waals surface area contributed by atoms with Crippen molar-refractivity contribution in [2.45, 2.75) is 33.2 Å².